The van der Waals surface area contributed by atoms with Crippen LogP contribution in [0.4, 0.5) is 0 Å². The molecule has 0 radical (unpaired) electrons. The molecular formula is C20H26N4O9. The number of nitrogens with zero attached hydrogens (tertiary/aromatic N) is 2. The van der Waals surface area contributed by atoms with Crippen LogP contribution in [0.25, 0.3) is 0 Å². The first-order valence-corrected chi connectivity index (χ1v) is 10.5. The molecule has 0 spiro atoms. The van der Waals surface area contributed by atoms with Crippen molar-refractivity contribution in [2.75, 3.05) is 0 Å². The van der Waals surface area contributed by atoms with E-state index in [1.165, 1.54) is 26.2 Å². The Morgan fingerprint density at radius 2 is 1.64 bits per heavy atom. The molecule has 13 heteroatoms. The molecule has 0 amide bonds. The molecule has 5 N–H and O–H groups in total. The minimum atomic E-state index is -1.86. The maximum atomic E-state index is 12.7. The van der Waals surface area contributed by atoms with Crippen LogP contribution in [0.5, 0.6) is 0 Å². The second-order valence-corrected chi connectivity index (χ2v) is 8.66. The summed E-state index contributed by atoms with van der Waals surface area (Å²) in [5.74, 6) is 0. The molecule has 2 aliphatic heterocycles. The van der Waals surface area contributed by atoms with Gasteiger partial charge in [-0.3, -0.25) is 28.7 Å². The van der Waals surface area contributed by atoms with E-state index in [0.717, 1.165) is 9.13 Å². The Labute approximate surface area is 185 Å². The summed E-state index contributed by atoms with van der Waals surface area (Å²) in [5.41, 5.74) is -4.24. The van der Waals surface area contributed by atoms with Gasteiger partial charge in [0.15, 0.2) is 5.72 Å². The lowest BCUT2D eigenvalue weighted by atomic mass is 9.93. The summed E-state index contributed by atoms with van der Waals surface area (Å²) in [5, 5.41) is 32.4. The molecule has 2 aromatic heterocycles. The lowest BCUT2D eigenvalue weighted by Crippen LogP contribution is -2.57. The lowest BCUT2D eigenvalue weighted by Gasteiger charge is -2.38. The number of aryl methyl sites for hydroxylation is 2. The van der Waals surface area contributed by atoms with Gasteiger partial charge in [0.25, 0.3) is 11.1 Å². The Kier molecular flexibility index (Phi) is 5.78. The van der Waals surface area contributed by atoms with E-state index in [1.807, 2.05) is 0 Å². The molecule has 4 heterocycles. The van der Waals surface area contributed by atoms with Crippen molar-refractivity contribution in [3.05, 3.63) is 65.2 Å². The highest BCUT2D eigenvalue weighted by Crippen LogP contribution is 2.42. The van der Waals surface area contributed by atoms with Crippen LogP contribution in [0.15, 0.2) is 31.6 Å². The van der Waals surface area contributed by atoms with Gasteiger partial charge in [0.1, 0.15) is 18.4 Å². The average Bonchev–Trinajstić information content (AvgIpc) is 3.27. The van der Waals surface area contributed by atoms with Gasteiger partial charge in [-0.15, -0.1) is 0 Å². The lowest BCUT2D eigenvalue weighted by molar-refractivity contribution is -0.216. The Hall–Kier alpha value is -2.84. The third kappa shape index (κ3) is 3.81. The molecule has 0 saturated carbocycles. The topological polar surface area (TPSA) is 189 Å². The summed E-state index contributed by atoms with van der Waals surface area (Å²) in [7, 11) is 0. The molecule has 33 heavy (non-hydrogen) atoms. The van der Waals surface area contributed by atoms with Crippen molar-refractivity contribution in [1.82, 2.24) is 19.1 Å². The summed E-state index contributed by atoms with van der Waals surface area (Å²) >= 11 is 0. The van der Waals surface area contributed by atoms with Gasteiger partial charge in [-0.1, -0.05) is 0 Å². The number of aliphatic hydroxyl groups is 3. The van der Waals surface area contributed by atoms with Crippen molar-refractivity contribution in [1.29, 1.82) is 0 Å². The van der Waals surface area contributed by atoms with Crippen LogP contribution in [-0.4, -0.2) is 64.9 Å². The van der Waals surface area contributed by atoms with Gasteiger partial charge in [-0.05, 0) is 20.8 Å². The second kappa shape index (κ2) is 8.18. The highest BCUT2D eigenvalue weighted by Gasteiger charge is 2.57. The highest BCUT2D eigenvalue weighted by atomic mass is 16.6. The van der Waals surface area contributed by atoms with Gasteiger partial charge in [-0.25, -0.2) is 9.59 Å². The number of rotatable bonds is 4. The standard InChI is InChI=1S/C20H26N4O9/c1-8-6-23(18(30)21-16(8)28)13-4-11(25)14(32-13)15(27)20(5-12(26)10(3)33-20)24-7-9(2)17(29)22-19(24)31/h6-7,10-15,25-27H,4-5H2,1-3H3,(H,21,28,30)(H,22,29,31)/t10-,11+,12+,13-,14+,15?,20+/m1/s1. The van der Waals surface area contributed by atoms with Crippen LogP contribution in [0, 0.1) is 13.8 Å². The quantitative estimate of drug-likeness (QED) is 0.325. The van der Waals surface area contributed by atoms with Gasteiger partial charge in [0.05, 0.1) is 18.3 Å². The van der Waals surface area contributed by atoms with Gasteiger partial charge in [0, 0.05) is 36.4 Å². The molecule has 0 bridgehead atoms. The van der Waals surface area contributed by atoms with Crippen molar-refractivity contribution in [2.24, 2.45) is 0 Å². The predicted octanol–water partition coefficient (Wildman–Crippen LogP) is -2.46. The normalized spacial score (nSPS) is 32.8. The molecule has 7 atom stereocenters. The molecule has 4 rings (SSSR count). The van der Waals surface area contributed by atoms with Gasteiger partial charge < -0.3 is 24.8 Å². The van der Waals surface area contributed by atoms with E-state index in [-0.39, 0.29) is 24.0 Å². The summed E-state index contributed by atoms with van der Waals surface area (Å²) in [6.07, 6.45) is -4.97. The zero-order valence-corrected chi connectivity index (χ0v) is 18.2. The summed E-state index contributed by atoms with van der Waals surface area (Å²) < 4.78 is 13.8. The fourth-order valence-electron chi connectivity index (χ4n) is 4.44. The van der Waals surface area contributed by atoms with Crippen LogP contribution < -0.4 is 22.5 Å². The van der Waals surface area contributed by atoms with E-state index in [2.05, 4.69) is 9.97 Å². The van der Waals surface area contributed by atoms with Crippen molar-refractivity contribution < 1.29 is 24.8 Å². The van der Waals surface area contributed by atoms with E-state index in [4.69, 9.17) is 9.47 Å². The Morgan fingerprint density at radius 3 is 2.24 bits per heavy atom. The molecule has 0 aromatic carbocycles. The third-order valence-electron chi connectivity index (χ3n) is 6.33. The first-order valence-electron chi connectivity index (χ1n) is 10.5. The number of aromatic amines is 2. The van der Waals surface area contributed by atoms with Crippen LogP contribution in [0.2, 0.25) is 0 Å². The Bertz CT molecular complexity index is 1280. The highest BCUT2D eigenvalue weighted by molar-refractivity contribution is 5.08. The number of ether oxygens (including phenoxy) is 2. The Balaban J connectivity index is 1.75. The maximum Gasteiger partial charge on any atom is 0.330 e. The van der Waals surface area contributed by atoms with Gasteiger partial charge >= 0.3 is 11.4 Å². The predicted molar refractivity (Wildman–Crippen MR) is 112 cm³/mol. The fraction of sp³-hybridized carbons (Fsp3) is 0.600. The zero-order valence-electron chi connectivity index (χ0n) is 18.2. The van der Waals surface area contributed by atoms with E-state index in [0.29, 0.717) is 0 Å². The van der Waals surface area contributed by atoms with Crippen molar-refractivity contribution >= 4 is 0 Å². The molecule has 1 unspecified atom stereocenters. The van der Waals surface area contributed by atoms with Crippen LogP contribution >= 0.6 is 0 Å². The molecule has 2 aliphatic rings. The zero-order chi connectivity index (χ0) is 24.2. The summed E-state index contributed by atoms with van der Waals surface area (Å²) in [6, 6.07) is 0. The van der Waals surface area contributed by atoms with Crippen LogP contribution in [-0.2, 0) is 15.2 Å². The SMILES string of the molecule is Cc1cn([C@H]2C[C@H](O)[C@@H](C(O)[C@]3(n4cc(C)c(=O)[nH]c4=O)C[C@H](O)[C@@H](C)O3)O2)c(=O)[nH]c1=O. The molecular weight excluding hydrogens is 440 g/mol. The summed E-state index contributed by atoms with van der Waals surface area (Å²) in [4.78, 5) is 52.7. The number of H-pyrrole nitrogens is 2. The number of aromatic nitrogens is 4. The molecule has 180 valence electrons. The third-order valence-corrected chi connectivity index (χ3v) is 6.33. The smallest absolute Gasteiger partial charge is 0.330 e. The number of hydrogen-bond acceptors (Lipinski definition) is 9. The van der Waals surface area contributed by atoms with Crippen LogP contribution in [0.1, 0.15) is 37.1 Å². The molecule has 2 aromatic rings. The van der Waals surface area contributed by atoms with E-state index < -0.39 is 65.0 Å². The number of nitrogens with one attached hydrogen (secondary N) is 2. The van der Waals surface area contributed by atoms with Crippen molar-refractivity contribution in [3.63, 3.8) is 0 Å². The van der Waals surface area contributed by atoms with E-state index >= 15 is 0 Å². The van der Waals surface area contributed by atoms with E-state index in [1.54, 1.807) is 6.92 Å². The second-order valence-electron chi connectivity index (χ2n) is 8.66. The minimum absolute atomic E-state index is 0.0964. The molecule has 2 fully saturated rings. The largest absolute Gasteiger partial charge is 0.390 e. The fourth-order valence-corrected chi connectivity index (χ4v) is 4.44. The molecule has 2 saturated heterocycles. The van der Waals surface area contributed by atoms with Gasteiger partial charge in [0.2, 0.25) is 0 Å². The molecule has 13 nitrogen and oxygen atoms in total. The van der Waals surface area contributed by atoms with Crippen molar-refractivity contribution in [3.8, 4) is 0 Å². The average molecular weight is 466 g/mol. The first-order chi connectivity index (χ1) is 15.4. The minimum Gasteiger partial charge on any atom is -0.390 e. The summed E-state index contributed by atoms with van der Waals surface area (Å²) in [6.45, 7) is 4.52. The van der Waals surface area contributed by atoms with Crippen LogP contribution in [0.3, 0.4) is 0 Å². The number of aliphatic hydroxyl groups excluding tert-OH is 3. The monoisotopic (exact) mass is 466 g/mol. The Morgan fingerprint density at radius 1 is 1.03 bits per heavy atom. The molecule has 0 aliphatic carbocycles. The van der Waals surface area contributed by atoms with Gasteiger partial charge in [-0.2, -0.15) is 0 Å². The van der Waals surface area contributed by atoms with Crippen molar-refractivity contribution in [2.45, 2.75) is 76.1 Å². The first kappa shape index (κ1) is 23.3. The maximum absolute atomic E-state index is 12.7. The van der Waals surface area contributed by atoms with E-state index in [9.17, 15) is 34.5 Å². The number of hydrogen-bond donors (Lipinski definition) is 5.